The molecule has 2 rings (SSSR count). The molecule has 0 unspecified atom stereocenters. The Balaban J connectivity index is 1.91. The van der Waals surface area contributed by atoms with Crippen molar-refractivity contribution in [2.24, 2.45) is 7.05 Å². The third kappa shape index (κ3) is 4.97. The highest BCUT2D eigenvalue weighted by Crippen LogP contribution is 2.28. The normalized spacial score (nSPS) is 23.8. The minimum absolute atomic E-state index is 0.137. The third-order valence-corrected chi connectivity index (χ3v) is 4.03. The van der Waals surface area contributed by atoms with Crippen LogP contribution in [0.3, 0.4) is 0 Å². The minimum atomic E-state index is 0.137. The second-order valence-electron chi connectivity index (χ2n) is 6.41. The molecular formula is C17H29N3O. The second kappa shape index (κ2) is 7.76. The summed E-state index contributed by atoms with van der Waals surface area (Å²) in [6.07, 6.45) is 11.1. The fraction of sp³-hybridized carbons (Fsp3) is 0.706. The molecule has 2 heterocycles. The van der Waals surface area contributed by atoms with Crippen LogP contribution in [0.5, 0.6) is 0 Å². The van der Waals surface area contributed by atoms with E-state index >= 15 is 0 Å². The second-order valence-corrected chi connectivity index (χ2v) is 6.41. The van der Waals surface area contributed by atoms with Gasteiger partial charge in [0.15, 0.2) is 0 Å². The van der Waals surface area contributed by atoms with Crippen LogP contribution in [-0.4, -0.2) is 28.5 Å². The topological polar surface area (TPSA) is 39.1 Å². The summed E-state index contributed by atoms with van der Waals surface area (Å²) in [6, 6.07) is 0.899. The fourth-order valence-corrected chi connectivity index (χ4v) is 2.94. The molecule has 21 heavy (non-hydrogen) atoms. The highest BCUT2D eigenvalue weighted by Gasteiger charge is 2.29. The van der Waals surface area contributed by atoms with Crippen LogP contribution in [-0.2, 0) is 11.8 Å². The SMILES string of the molecule is CC(C)=CCC[C@H](C)N[C@H]1CCCO[C@@H]1c1cnn(C)c1. The Bertz CT molecular complexity index is 462. The van der Waals surface area contributed by atoms with Crippen LogP contribution in [0.1, 0.15) is 58.1 Å². The Morgan fingerprint density at radius 1 is 1.57 bits per heavy atom. The lowest BCUT2D eigenvalue weighted by atomic mass is 9.96. The van der Waals surface area contributed by atoms with Gasteiger partial charge in [-0.15, -0.1) is 0 Å². The van der Waals surface area contributed by atoms with E-state index in [1.807, 2.05) is 17.9 Å². The van der Waals surface area contributed by atoms with Gasteiger partial charge in [-0.1, -0.05) is 11.6 Å². The van der Waals surface area contributed by atoms with E-state index in [1.165, 1.54) is 24.0 Å². The number of rotatable bonds is 6. The Morgan fingerprint density at radius 2 is 2.38 bits per heavy atom. The average Bonchev–Trinajstić information content (AvgIpc) is 2.85. The summed E-state index contributed by atoms with van der Waals surface area (Å²) >= 11 is 0. The van der Waals surface area contributed by atoms with Gasteiger partial charge in [0.1, 0.15) is 6.10 Å². The molecule has 1 aromatic heterocycles. The smallest absolute Gasteiger partial charge is 0.101 e. The van der Waals surface area contributed by atoms with E-state index in [-0.39, 0.29) is 6.10 Å². The van der Waals surface area contributed by atoms with Crippen LogP contribution in [0.25, 0.3) is 0 Å². The zero-order chi connectivity index (χ0) is 15.2. The van der Waals surface area contributed by atoms with Gasteiger partial charge in [0.25, 0.3) is 0 Å². The molecule has 0 bridgehead atoms. The summed E-state index contributed by atoms with van der Waals surface area (Å²) in [5, 5.41) is 8.03. The summed E-state index contributed by atoms with van der Waals surface area (Å²) in [4.78, 5) is 0. The van der Waals surface area contributed by atoms with Crippen molar-refractivity contribution in [2.75, 3.05) is 6.61 Å². The van der Waals surface area contributed by atoms with Crippen LogP contribution in [0.4, 0.5) is 0 Å². The molecule has 1 aromatic rings. The maximum Gasteiger partial charge on any atom is 0.101 e. The Labute approximate surface area is 128 Å². The van der Waals surface area contributed by atoms with Crippen LogP contribution in [0.2, 0.25) is 0 Å². The number of allylic oxidation sites excluding steroid dienone is 2. The van der Waals surface area contributed by atoms with Crippen molar-refractivity contribution < 1.29 is 4.74 Å². The summed E-state index contributed by atoms with van der Waals surface area (Å²) in [7, 11) is 1.96. The van der Waals surface area contributed by atoms with Crippen molar-refractivity contribution in [3.8, 4) is 0 Å². The summed E-state index contributed by atoms with van der Waals surface area (Å²) in [6.45, 7) is 7.44. The molecule has 1 aliphatic rings. The first-order valence-electron chi connectivity index (χ1n) is 8.06. The van der Waals surface area contributed by atoms with Crippen molar-refractivity contribution >= 4 is 0 Å². The maximum atomic E-state index is 6.01. The molecule has 4 nitrogen and oxygen atoms in total. The average molecular weight is 291 g/mol. The van der Waals surface area contributed by atoms with Crippen LogP contribution >= 0.6 is 0 Å². The number of ether oxygens (including phenoxy) is 1. The van der Waals surface area contributed by atoms with Crippen molar-refractivity contribution in [3.63, 3.8) is 0 Å². The molecule has 118 valence electrons. The van der Waals surface area contributed by atoms with Gasteiger partial charge < -0.3 is 10.1 Å². The minimum Gasteiger partial charge on any atom is -0.372 e. The van der Waals surface area contributed by atoms with Gasteiger partial charge in [-0.25, -0.2) is 0 Å². The van der Waals surface area contributed by atoms with E-state index in [1.54, 1.807) is 0 Å². The van der Waals surface area contributed by atoms with E-state index in [0.717, 1.165) is 19.4 Å². The van der Waals surface area contributed by atoms with Crippen LogP contribution in [0.15, 0.2) is 24.0 Å². The van der Waals surface area contributed by atoms with Gasteiger partial charge in [0.2, 0.25) is 0 Å². The molecule has 1 aliphatic heterocycles. The molecule has 0 amide bonds. The highest BCUT2D eigenvalue weighted by molar-refractivity contribution is 5.12. The Hall–Kier alpha value is -1.13. The molecule has 1 fully saturated rings. The number of hydrogen-bond donors (Lipinski definition) is 1. The number of nitrogens with zero attached hydrogens (tertiary/aromatic N) is 2. The van der Waals surface area contributed by atoms with E-state index in [0.29, 0.717) is 12.1 Å². The van der Waals surface area contributed by atoms with Crippen LogP contribution < -0.4 is 5.32 Å². The lowest BCUT2D eigenvalue weighted by molar-refractivity contribution is -0.0136. The van der Waals surface area contributed by atoms with Gasteiger partial charge in [-0.3, -0.25) is 4.68 Å². The summed E-state index contributed by atoms with van der Waals surface area (Å²) in [5.41, 5.74) is 2.59. The van der Waals surface area contributed by atoms with Crippen molar-refractivity contribution in [1.29, 1.82) is 0 Å². The van der Waals surface area contributed by atoms with E-state index in [9.17, 15) is 0 Å². The van der Waals surface area contributed by atoms with E-state index in [4.69, 9.17) is 4.74 Å². The van der Waals surface area contributed by atoms with Crippen molar-refractivity contribution in [2.45, 2.75) is 64.6 Å². The molecule has 1 N–H and O–H groups in total. The Morgan fingerprint density at radius 3 is 3.05 bits per heavy atom. The molecule has 0 radical (unpaired) electrons. The van der Waals surface area contributed by atoms with Crippen molar-refractivity contribution in [1.82, 2.24) is 15.1 Å². The van der Waals surface area contributed by atoms with Gasteiger partial charge in [0.05, 0.1) is 6.20 Å². The maximum absolute atomic E-state index is 6.01. The lowest BCUT2D eigenvalue weighted by Gasteiger charge is -2.34. The number of hydrogen-bond acceptors (Lipinski definition) is 3. The van der Waals surface area contributed by atoms with Crippen LogP contribution in [0, 0.1) is 0 Å². The third-order valence-electron chi connectivity index (χ3n) is 4.03. The number of aromatic nitrogens is 2. The van der Waals surface area contributed by atoms with Crippen molar-refractivity contribution in [3.05, 3.63) is 29.6 Å². The molecule has 0 spiro atoms. The van der Waals surface area contributed by atoms with E-state index < -0.39 is 0 Å². The largest absolute Gasteiger partial charge is 0.372 e. The zero-order valence-electron chi connectivity index (χ0n) is 13.8. The van der Waals surface area contributed by atoms with Gasteiger partial charge in [0, 0.05) is 37.5 Å². The highest BCUT2D eigenvalue weighted by atomic mass is 16.5. The predicted octanol–water partition coefficient (Wildman–Crippen LogP) is 3.36. The number of aryl methyl sites for hydroxylation is 1. The first kappa shape index (κ1) is 16.2. The van der Waals surface area contributed by atoms with Gasteiger partial charge in [-0.2, -0.15) is 5.10 Å². The van der Waals surface area contributed by atoms with E-state index in [2.05, 4.69) is 43.5 Å². The molecule has 1 saturated heterocycles. The first-order chi connectivity index (χ1) is 10.1. The molecular weight excluding hydrogens is 262 g/mol. The summed E-state index contributed by atoms with van der Waals surface area (Å²) < 4.78 is 7.86. The number of nitrogens with one attached hydrogen (secondary N) is 1. The molecule has 0 saturated carbocycles. The predicted molar refractivity (Wildman–Crippen MR) is 86.2 cm³/mol. The molecule has 3 atom stereocenters. The summed E-state index contributed by atoms with van der Waals surface area (Å²) in [5.74, 6) is 0. The monoisotopic (exact) mass is 291 g/mol. The molecule has 0 aliphatic carbocycles. The lowest BCUT2D eigenvalue weighted by Crippen LogP contribution is -2.43. The van der Waals surface area contributed by atoms with Gasteiger partial charge >= 0.3 is 0 Å². The molecule has 0 aromatic carbocycles. The Kier molecular flexibility index (Phi) is 6.00. The zero-order valence-corrected chi connectivity index (χ0v) is 13.8. The quantitative estimate of drug-likeness (QED) is 0.817. The fourth-order valence-electron chi connectivity index (χ4n) is 2.94. The first-order valence-corrected chi connectivity index (χ1v) is 8.06. The van der Waals surface area contributed by atoms with Gasteiger partial charge in [-0.05, 0) is 46.5 Å². The molecule has 4 heteroatoms. The standard InChI is InChI=1S/C17H29N3O/c1-13(2)7-5-8-14(3)19-16-9-6-10-21-17(16)15-11-18-20(4)12-15/h7,11-12,14,16-17,19H,5-6,8-10H2,1-4H3/t14-,16-,17+/m0/s1.